The number of nitrogens with one attached hydrogen (secondary N) is 1. The average molecular weight is 579 g/mol. The Morgan fingerprint density at radius 3 is 2.40 bits per heavy atom. The van der Waals surface area contributed by atoms with Crippen LogP contribution >= 0.6 is 0 Å². The van der Waals surface area contributed by atoms with Gasteiger partial charge < -0.3 is 19.5 Å². The number of hydrogen-bond donors (Lipinski definition) is 1. The zero-order chi connectivity index (χ0) is 30.2. The lowest BCUT2D eigenvalue weighted by Gasteiger charge is -2.35. The SMILES string of the molecule is Cc1nc2c(F)cc(-c3nc(Nc4ccc(CN5CCN(C(=O)OC(C)(C)C)CC5)cn4)ncc3F)cc2n1C(C)C. The van der Waals surface area contributed by atoms with Gasteiger partial charge in [0.1, 0.15) is 28.5 Å². The first-order valence-corrected chi connectivity index (χ1v) is 14.0. The maximum atomic E-state index is 15.0. The number of imidazole rings is 1. The predicted octanol–water partition coefficient (Wildman–Crippen LogP) is 5.85. The van der Waals surface area contributed by atoms with Crippen LogP contribution in [0.4, 0.5) is 25.3 Å². The number of anilines is 2. The molecular weight excluding hydrogens is 542 g/mol. The van der Waals surface area contributed by atoms with Gasteiger partial charge >= 0.3 is 6.09 Å². The normalized spacial score (nSPS) is 14.5. The molecule has 0 bridgehead atoms. The number of aryl methyl sites for hydroxylation is 1. The largest absolute Gasteiger partial charge is 0.444 e. The molecule has 42 heavy (non-hydrogen) atoms. The second-order valence-corrected chi connectivity index (χ2v) is 11.8. The molecule has 1 aliphatic rings. The van der Waals surface area contributed by atoms with E-state index >= 15 is 0 Å². The number of carbonyl (C=O) groups is 1. The van der Waals surface area contributed by atoms with Gasteiger partial charge in [-0.1, -0.05) is 6.07 Å². The fourth-order valence-corrected chi connectivity index (χ4v) is 5.07. The summed E-state index contributed by atoms with van der Waals surface area (Å²) in [5, 5.41) is 3.01. The molecule has 0 atom stereocenters. The standard InChI is InChI=1S/C30H36F2N8O2/c1-18(2)40-19(3)35-27-22(31)13-21(14-24(27)40)26-23(32)16-34-28(37-26)36-25-8-7-20(15-33-25)17-38-9-11-39(12-10-38)29(41)42-30(4,5)6/h7-8,13-16,18H,9-12,17H2,1-6H3,(H,33,34,36,37). The van der Waals surface area contributed by atoms with Crippen LogP contribution in [0.2, 0.25) is 0 Å². The van der Waals surface area contributed by atoms with E-state index in [9.17, 15) is 13.6 Å². The topological polar surface area (TPSA) is 101 Å². The van der Waals surface area contributed by atoms with E-state index < -0.39 is 17.2 Å². The van der Waals surface area contributed by atoms with Crippen molar-refractivity contribution in [3.8, 4) is 11.3 Å². The van der Waals surface area contributed by atoms with E-state index in [1.807, 2.05) is 52.2 Å². The summed E-state index contributed by atoms with van der Waals surface area (Å²) in [6.45, 7) is 14.7. The fourth-order valence-electron chi connectivity index (χ4n) is 5.07. The second-order valence-electron chi connectivity index (χ2n) is 11.8. The number of hydrogen-bond acceptors (Lipinski definition) is 8. The Bertz CT molecular complexity index is 1590. The van der Waals surface area contributed by atoms with E-state index in [0.29, 0.717) is 42.4 Å². The van der Waals surface area contributed by atoms with Crippen LogP contribution in [0.25, 0.3) is 22.3 Å². The van der Waals surface area contributed by atoms with Gasteiger partial charge in [0.2, 0.25) is 5.95 Å². The van der Waals surface area contributed by atoms with Crippen molar-refractivity contribution >= 4 is 28.9 Å². The van der Waals surface area contributed by atoms with Crippen molar-refractivity contribution in [2.45, 2.75) is 59.7 Å². The lowest BCUT2D eigenvalue weighted by Crippen LogP contribution is -2.49. The number of amides is 1. The highest BCUT2D eigenvalue weighted by Gasteiger charge is 2.26. The molecule has 1 aliphatic heterocycles. The number of aromatic nitrogens is 5. The molecule has 1 amide bonds. The molecule has 4 aromatic rings. The molecule has 0 spiro atoms. The summed E-state index contributed by atoms with van der Waals surface area (Å²) >= 11 is 0. The van der Waals surface area contributed by atoms with Crippen LogP contribution in [-0.4, -0.2) is 72.2 Å². The zero-order valence-corrected chi connectivity index (χ0v) is 24.8. The fraction of sp³-hybridized carbons (Fsp3) is 0.433. The first kappa shape index (κ1) is 29.3. The quantitative estimate of drug-likeness (QED) is 0.304. The first-order chi connectivity index (χ1) is 19.9. The summed E-state index contributed by atoms with van der Waals surface area (Å²) in [5.74, 6) is 0.0991. The van der Waals surface area contributed by atoms with Crippen molar-refractivity contribution in [1.82, 2.24) is 34.3 Å². The number of carbonyl (C=O) groups excluding carboxylic acids is 1. The van der Waals surface area contributed by atoms with Crippen molar-refractivity contribution in [2.75, 3.05) is 31.5 Å². The van der Waals surface area contributed by atoms with Crippen molar-refractivity contribution in [3.05, 3.63) is 59.7 Å². The average Bonchev–Trinajstić information content (AvgIpc) is 3.27. The highest BCUT2D eigenvalue weighted by Crippen LogP contribution is 2.30. The highest BCUT2D eigenvalue weighted by atomic mass is 19.1. The molecule has 0 radical (unpaired) electrons. The van der Waals surface area contributed by atoms with Gasteiger partial charge in [-0.25, -0.2) is 33.5 Å². The molecule has 1 saturated heterocycles. The minimum atomic E-state index is -0.665. The smallest absolute Gasteiger partial charge is 0.410 e. The highest BCUT2D eigenvalue weighted by molar-refractivity contribution is 5.83. The molecule has 0 unspecified atom stereocenters. The monoisotopic (exact) mass is 578 g/mol. The Hall–Kier alpha value is -4.19. The molecule has 3 aromatic heterocycles. The third-order valence-corrected chi connectivity index (χ3v) is 6.95. The van der Waals surface area contributed by atoms with Crippen LogP contribution in [0.3, 0.4) is 0 Å². The first-order valence-electron chi connectivity index (χ1n) is 14.0. The van der Waals surface area contributed by atoms with E-state index in [4.69, 9.17) is 4.74 Å². The Kier molecular flexibility index (Phi) is 8.09. The van der Waals surface area contributed by atoms with E-state index in [0.717, 1.165) is 24.8 Å². The molecule has 0 aliphatic carbocycles. The minimum absolute atomic E-state index is 0.0235. The summed E-state index contributed by atoms with van der Waals surface area (Å²) in [7, 11) is 0. The van der Waals surface area contributed by atoms with Crippen molar-refractivity contribution in [3.63, 3.8) is 0 Å². The summed E-state index contributed by atoms with van der Waals surface area (Å²) in [4.78, 5) is 33.5. The molecule has 0 saturated carbocycles. The lowest BCUT2D eigenvalue weighted by atomic mass is 10.1. The number of fused-ring (bicyclic) bond motifs is 1. The van der Waals surface area contributed by atoms with E-state index in [1.165, 1.54) is 6.07 Å². The predicted molar refractivity (Wildman–Crippen MR) is 156 cm³/mol. The number of halogens is 2. The van der Waals surface area contributed by atoms with E-state index in [1.54, 1.807) is 23.2 Å². The zero-order valence-electron chi connectivity index (χ0n) is 24.8. The number of pyridine rings is 1. The Morgan fingerprint density at radius 1 is 1.02 bits per heavy atom. The van der Waals surface area contributed by atoms with Gasteiger partial charge in [-0.2, -0.15) is 0 Å². The third-order valence-electron chi connectivity index (χ3n) is 6.95. The molecule has 12 heteroatoms. The summed E-state index contributed by atoms with van der Waals surface area (Å²) in [6, 6.07) is 6.74. The van der Waals surface area contributed by atoms with Crippen LogP contribution in [-0.2, 0) is 11.3 Å². The van der Waals surface area contributed by atoms with Gasteiger partial charge in [0.25, 0.3) is 0 Å². The van der Waals surface area contributed by atoms with Crippen molar-refractivity contribution < 1.29 is 18.3 Å². The maximum absolute atomic E-state index is 15.0. The molecule has 5 rings (SSSR count). The number of rotatable bonds is 6. The lowest BCUT2D eigenvalue weighted by molar-refractivity contribution is 0.0139. The minimum Gasteiger partial charge on any atom is -0.444 e. The second kappa shape index (κ2) is 11.6. The summed E-state index contributed by atoms with van der Waals surface area (Å²) in [6.07, 6.45) is 2.53. The Balaban J connectivity index is 1.25. The molecular formula is C30H36F2N8O2. The van der Waals surface area contributed by atoms with Gasteiger partial charge in [0.15, 0.2) is 11.6 Å². The van der Waals surface area contributed by atoms with Crippen LogP contribution in [0, 0.1) is 18.6 Å². The van der Waals surface area contributed by atoms with Crippen molar-refractivity contribution in [2.24, 2.45) is 0 Å². The Morgan fingerprint density at radius 2 is 1.76 bits per heavy atom. The molecule has 1 aromatic carbocycles. The number of ether oxygens (including phenoxy) is 1. The van der Waals surface area contributed by atoms with Gasteiger partial charge in [0, 0.05) is 50.5 Å². The molecule has 222 valence electrons. The Labute approximate surface area is 243 Å². The summed E-state index contributed by atoms with van der Waals surface area (Å²) in [5.41, 5.74) is 1.58. The van der Waals surface area contributed by atoms with Gasteiger partial charge in [-0.05, 0) is 65.3 Å². The van der Waals surface area contributed by atoms with Crippen LogP contribution < -0.4 is 5.32 Å². The van der Waals surface area contributed by atoms with Crippen LogP contribution in [0.1, 0.15) is 52.0 Å². The third kappa shape index (κ3) is 6.48. The molecule has 10 nitrogen and oxygen atoms in total. The van der Waals surface area contributed by atoms with Crippen LogP contribution in [0.15, 0.2) is 36.7 Å². The van der Waals surface area contributed by atoms with Gasteiger partial charge in [0.05, 0.1) is 11.7 Å². The van der Waals surface area contributed by atoms with Gasteiger partial charge in [-0.15, -0.1) is 0 Å². The summed E-state index contributed by atoms with van der Waals surface area (Å²) < 4.78 is 37.2. The molecule has 4 heterocycles. The number of nitrogens with zero attached hydrogens (tertiary/aromatic N) is 7. The van der Waals surface area contributed by atoms with E-state index in [-0.39, 0.29) is 29.3 Å². The molecule has 1 fully saturated rings. The number of piperazine rings is 1. The van der Waals surface area contributed by atoms with E-state index in [2.05, 4.69) is 30.2 Å². The molecule has 1 N–H and O–H groups in total. The number of benzene rings is 1. The van der Waals surface area contributed by atoms with Gasteiger partial charge in [-0.3, -0.25) is 4.90 Å². The van der Waals surface area contributed by atoms with Crippen LogP contribution in [0.5, 0.6) is 0 Å². The maximum Gasteiger partial charge on any atom is 0.410 e. The van der Waals surface area contributed by atoms with Crippen molar-refractivity contribution in [1.29, 1.82) is 0 Å².